The highest BCUT2D eigenvalue weighted by Crippen LogP contribution is 2.51. The molecule has 0 saturated heterocycles. The molecule has 2 aliphatic rings. The van der Waals surface area contributed by atoms with Gasteiger partial charge in [0.2, 0.25) is 0 Å². The predicted molar refractivity (Wildman–Crippen MR) is 80.1 cm³/mol. The summed E-state index contributed by atoms with van der Waals surface area (Å²) in [5.41, 5.74) is 3.96. The van der Waals surface area contributed by atoms with E-state index in [0.29, 0.717) is 5.02 Å². The van der Waals surface area contributed by atoms with E-state index in [1.54, 1.807) is 0 Å². The number of hydrogen-bond acceptors (Lipinski definition) is 2. The quantitative estimate of drug-likeness (QED) is 0.641. The van der Waals surface area contributed by atoms with Crippen LogP contribution >= 0.6 is 23.2 Å². The Morgan fingerprint density at radius 1 is 1.26 bits per heavy atom. The van der Waals surface area contributed by atoms with Crippen molar-refractivity contribution in [3.63, 3.8) is 0 Å². The predicted octanol–water partition coefficient (Wildman–Crippen LogP) is 4.32. The zero-order valence-corrected chi connectivity index (χ0v) is 12.4. The number of hydrogen-bond donors (Lipinski definition) is 2. The third-order valence-electron chi connectivity index (χ3n) is 4.96. The molecule has 3 N–H and O–H groups in total. The molecule has 2 bridgehead atoms. The highest BCUT2D eigenvalue weighted by atomic mass is 35.5. The lowest BCUT2D eigenvalue weighted by molar-refractivity contribution is 0.280. The molecule has 19 heavy (non-hydrogen) atoms. The molecule has 0 amide bonds. The Hall–Kier alpha value is -0.280. The summed E-state index contributed by atoms with van der Waals surface area (Å²) in [7, 11) is 0. The fourth-order valence-electron chi connectivity index (χ4n) is 4.03. The van der Waals surface area contributed by atoms with E-state index in [4.69, 9.17) is 29.0 Å². The molecule has 3 rings (SSSR count). The molecule has 1 aromatic carbocycles. The van der Waals surface area contributed by atoms with Crippen LogP contribution in [0.1, 0.15) is 43.7 Å². The van der Waals surface area contributed by atoms with Crippen molar-refractivity contribution in [2.45, 2.75) is 38.1 Å². The average Bonchev–Trinajstić information content (AvgIpc) is 3.01. The van der Waals surface area contributed by atoms with Crippen LogP contribution in [0.5, 0.6) is 0 Å². The molecule has 0 spiro atoms. The van der Waals surface area contributed by atoms with Gasteiger partial charge < -0.3 is 0 Å². The van der Waals surface area contributed by atoms with Gasteiger partial charge in [-0.1, -0.05) is 29.6 Å². The van der Waals surface area contributed by atoms with E-state index < -0.39 is 0 Å². The number of fused-ring (bicyclic) bond motifs is 2. The van der Waals surface area contributed by atoms with Gasteiger partial charge in [0.25, 0.3) is 0 Å². The molecular weight excluding hydrogens is 279 g/mol. The van der Waals surface area contributed by atoms with E-state index in [1.807, 2.05) is 18.2 Å². The van der Waals surface area contributed by atoms with Crippen molar-refractivity contribution in [1.29, 1.82) is 0 Å². The van der Waals surface area contributed by atoms with Crippen LogP contribution in [0.25, 0.3) is 0 Å². The number of halogens is 2. The molecule has 104 valence electrons. The maximum absolute atomic E-state index is 6.28. The van der Waals surface area contributed by atoms with Gasteiger partial charge in [0, 0.05) is 16.1 Å². The summed E-state index contributed by atoms with van der Waals surface area (Å²) < 4.78 is 0. The van der Waals surface area contributed by atoms with Crippen LogP contribution in [0.4, 0.5) is 0 Å². The maximum atomic E-state index is 6.28. The molecular formula is C15H20Cl2N2. The Morgan fingerprint density at radius 3 is 2.74 bits per heavy atom. The minimum atomic E-state index is 0.107. The van der Waals surface area contributed by atoms with Gasteiger partial charge in [-0.2, -0.15) is 0 Å². The first-order valence-corrected chi connectivity index (χ1v) is 7.84. The largest absolute Gasteiger partial charge is 0.271 e. The standard InChI is InChI=1S/C15H20Cl2N2/c16-12-3-4-14(17)13(8-12)15(19-18)7-11-6-9-1-2-10(11)5-9/h3-4,8-11,15,19H,1-2,5-7,18H2. The molecule has 2 fully saturated rings. The molecule has 0 radical (unpaired) electrons. The Morgan fingerprint density at radius 2 is 2.11 bits per heavy atom. The minimum absolute atomic E-state index is 0.107. The number of benzene rings is 1. The normalized spacial score (nSPS) is 30.8. The second kappa shape index (κ2) is 5.61. The summed E-state index contributed by atoms with van der Waals surface area (Å²) >= 11 is 12.4. The van der Waals surface area contributed by atoms with Gasteiger partial charge in [-0.25, -0.2) is 0 Å². The van der Waals surface area contributed by atoms with Crippen LogP contribution in [0.15, 0.2) is 18.2 Å². The van der Waals surface area contributed by atoms with Crippen LogP contribution in [0.2, 0.25) is 10.0 Å². The van der Waals surface area contributed by atoms with Crippen LogP contribution in [0, 0.1) is 17.8 Å². The topological polar surface area (TPSA) is 38.0 Å². The number of hydrazine groups is 1. The second-order valence-electron chi connectivity index (χ2n) is 6.06. The van der Waals surface area contributed by atoms with E-state index in [2.05, 4.69) is 5.43 Å². The van der Waals surface area contributed by atoms with Crippen LogP contribution in [-0.4, -0.2) is 0 Å². The molecule has 4 unspecified atom stereocenters. The highest BCUT2D eigenvalue weighted by molar-refractivity contribution is 6.33. The van der Waals surface area contributed by atoms with Gasteiger partial charge in [-0.05, 0) is 67.2 Å². The van der Waals surface area contributed by atoms with Crippen molar-refractivity contribution in [3.05, 3.63) is 33.8 Å². The van der Waals surface area contributed by atoms with Crippen molar-refractivity contribution < 1.29 is 0 Å². The van der Waals surface area contributed by atoms with E-state index in [0.717, 1.165) is 34.8 Å². The van der Waals surface area contributed by atoms with Crippen LogP contribution in [-0.2, 0) is 0 Å². The molecule has 4 heteroatoms. The van der Waals surface area contributed by atoms with E-state index in [9.17, 15) is 0 Å². The molecule has 0 aromatic heterocycles. The molecule has 4 atom stereocenters. The Labute approximate surface area is 124 Å². The van der Waals surface area contributed by atoms with Gasteiger partial charge in [0.15, 0.2) is 0 Å². The smallest absolute Gasteiger partial charge is 0.0478 e. The fraction of sp³-hybridized carbons (Fsp3) is 0.600. The molecule has 2 saturated carbocycles. The maximum Gasteiger partial charge on any atom is 0.0478 e. The first-order valence-electron chi connectivity index (χ1n) is 7.08. The molecule has 0 heterocycles. The van der Waals surface area contributed by atoms with E-state index in [-0.39, 0.29) is 6.04 Å². The fourth-order valence-corrected chi connectivity index (χ4v) is 4.46. The highest BCUT2D eigenvalue weighted by Gasteiger charge is 2.40. The van der Waals surface area contributed by atoms with Crippen LogP contribution in [0.3, 0.4) is 0 Å². The summed E-state index contributed by atoms with van der Waals surface area (Å²) in [6.45, 7) is 0. The molecule has 1 aromatic rings. The summed E-state index contributed by atoms with van der Waals surface area (Å²) in [6, 6.07) is 5.71. The number of rotatable bonds is 4. The Bertz CT molecular complexity index is 463. The summed E-state index contributed by atoms with van der Waals surface area (Å²) in [6.07, 6.45) is 6.68. The lowest BCUT2D eigenvalue weighted by Gasteiger charge is -2.27. The average molecular weight is 299 g/mol. The van der Waals surface area contributed by atoms with Crippen molar-refractivity contribution in [2.24, 2.45) is 23.6 Å². The number of nitrogens with one attached hydrogen (secondary N) is 1. The third kappa shape index (κ3) is 2.78. The van der Waals surface area contributed by atoms with Gasteiger partial charge in [-0.3, -0.25) is 11.3 Å². The molecule has 2 aliphatic carbocycles. The lowest BCUT2D eigenvalue weighted by Crippen LogP contribution is -2.31. The Balaban J connectivity index is 1.75. The lowest BCUT2D eigenvalue weighted by atomic mass is 9.83. The molecule has 2 nitrogen and oxygen atoms in total. The Kier molecular flexibility index (Phi) is 4.04. The SMILES string of the molecule is NNC(CC1CC2CCC1C2)c1cc(Cl)ccc1Cl. The van der Waals surface area contributed by atoms with Crippen molar-refractivity contribution in [1.82, 2.24) is 5.43 Å². The van der Waals surface area contributed by atoms with Crippen molar-refractivity contribution in [2.75, 3.05) is 0 Å². The summed E-state index contributed by atoms with van der Waals surface area (Å²) in [5, 5.41) is 1.46. The monoisotopic (exact) mass is 298 g/mol. The minimum Gasteiger partial charge on any atom is -0.271 e. The second-order valence-corrected chi connectivity index (χ2v) is 6.90. The van der Waals surface area contributed by atoms with Crippen LogP contribution < -0.4 is 11.3 Å². The van der Waals surface area contributed by atoms with E-state index >= 15 is 0 Å². The third-order valence-corrected chi connectivity index (χ3v) is 5.54. The van der Waals surface area contributed by atoms with Gasteiger partial charge in [0.1, 0.15) is 0 Å². The first-order chi connectivity index (χ1) is 9.17. The zero-order chi connectivity index (χ0) is 13.4. The summed E-state index contributed by atoms with van der Waals surface area (Å²) in [4.78, 5) is 0. The number of nitrogens with two attached hydrogens (primary N) is 1. The van der Waals surface area contributed by atoms with Gasteiger partial charge in [0.05, 0.1) is 0 Å². The zero-order valence-electron chi connectivity index (χ0n) is 10.9. The van der Waals surface area contributed by atoms with E-state index in [1.165, 1.54) is 25.7 Å². The first kappa shape index (κ1) is 13.7. The van der Waals surface area contributed by atoms with Gasteiger partial charge >= 0.3 is 0 Å². The van der Waals surface area contributed by atoms with Crippen molar-refractivity contribution in [3.8, 4) is 0 Å². The van der Waals surface area contributed by atoms with Gasteiger partial charge in [-0.15, -0.1) is 0 Å². The summed E-state index contributed by atoms with van der Waals surface area (Å²) in [5.74, 6) is 8.40. The van der Waals surface area contributed by atoms with Crippen molar-refractivity contribution >= 4 is 23.2 Å². The molecule has 0 aliphatic heterocycles.